The highest BCUT2D eigenvalue weighted by atomic mass is 16.1. The molecule has 0 spiro atoms. The second-order valence-electron chi connectivity index (χ2n) is 4.04. The summed E-state index contributed by atoms with van der Waals surface area (Å²) in [5.41, 5.74) is 0. The molecule has 3 nitrogen and oxygen atoms in total. The highest BCUT2D eigenvalue weighted by Gasteiger charge is 2.33. The average molecular weight is 194 g/mol. The molecular weight excluding hydrogens is 176 g/mol. The molecule has 0 aromatic carbocycles. The van der Waals surface area contributed by atoms with Gasteiger partial charge in [-0.3, -0.25) is 4.79 Å². The van der Waals surface area contributed by atoms with Crippen LogP contribution in [0.4, 0.5) is 0 Å². The van der Waals surface area contributed by atoms with E-state index in [0.717, 1.165) is 13.0 Å². The highest BCUT2D eigenvalue weighted by Crippen LogP contribution is 2.21. The van der Waals surface area contributed by atoms with E-state index in [0.29, 0.717) is 18.5 Å². The van der Waals surface area contributed by atoms with E-state index in [-0.39, 0.29) is 11.8 Å². The van der Waals surface area contributed by atoms with Crippen LogP contribution in [0, 0.1) is 24.2 Å². The number of amides is 1. The Morgan fingerprint density at radius 3 is 3.00 bits per heavy atom. The van der Waals surface area contributed by atoms with Crippen LogP contribution in [-0.2, 0) is 4.79 Å². The van der Waals surface area contributed by atoms with Gasteiger partial charge in [-0.25, -0.2) is 0 Å². The Morgan fingerprint density at radius 1 is 1.71 bits per heavy atom. The van der Waals surface area contributed by atoms with Crippen molar-refractivity contribution >= 4 is 5.91 Å². The van der Waals surface area contributed by atoms with Gasteiger partial charge in [0.25, 0.3) is 0 Å². The minimum absolute atomic E-state index is 0.0864. The normalized spacial score (nSPS) is 26.1. The zero-order valence-electron chi connectivity index (χ0n) is 8.84. The van der Waals surface area contributed by atoms with Crippen molar-refractivity contribution in [2.45, 2.75) is 26.3 Å². The van der Waals surface area contributed by atoms with E-state index < -0.39 is 0 Å². The Morgan fingerprint density at radius 2 is 2.43 bits per heavy atom. The number of carbonyl (C=O) groups is 1. The number of rotatable bonds is 3. The zero-order chi connectivity index (χ0) is 10.6. The fourth-order valence-electron chi connectivity index (χ4n) is 1.99. The highest BCUT2D eigenvalue weighted by molar-refractivity contribution is 5.80. The van der Waals surface area contributed by atoms with E-state index in [9.17, 15) is 4.79 Å². The standard InChI is InChI=1S/C11H18N2O/c1-4-6-13-11(14)9-5-7-12-10(9)8(2)3/h1,8-10,12H,5-7H2,2-3H3,(H,13,14). The van der Waals surface area contributed by atoms with Gasteiger partial charge in [0.1, 0.15) is 0 Å². The van der Waals surface area contributed by atoms with Gasteiger partial charge in [-0.05, 0) is 18.9 Å². The lowest BCUT2D eigenvalue weighted by Crippen LogP contribution is -2.41. The van der Waals surface area contributed by atoms with Crippen molar-refractivity contribution in [2.75, 3.05) is 13.1 Å². The lowest BCUT2D eigenvalue weighted by molar-refractivity contribution is -0.125. The van der Waals surface area contributed by atoms with Crippen molar-refractivity contribution in [1.29, 1.82) is 0 Å². The van der Waals surface area contributed by atoms with E-state index >= 15 is 0 Å². The molecule has 0 aromatic rings. The molecule has 1 heterocycles. The van der Waals surface area contributed by atoms with Crippen LogP contribution in [-0.4, -0.2) is 25.0 Å². The van der Waals surface area contributed by atoms with Crippen molar-refractivity contribution in [3.05, 3.63) is 0 Å². The summed E-state index contributed by atoms with van der Waals surface area (Å²) >= 11 is 0. The van der Waals surface area contributed by atoms with Gasteiger partial charge in [0.2, 0.25) is 5.91 Å². The van der Waals surface area contributed by atoms with Crippen LogP contribution < -0.4 is 10.6 Å². The first kappa shape index (κ1) is 11.1. The maximum Gasteiger partial charge on any atom is 0.225 e. The molecule has 78 valence electrons. The SMILES string of the molecule is C#CCNC(=O)C1CCNC1C(C)C. The lowest BCUT2D eigenvalue weighted by Gasteiger charge is -2.21. The van der Waals surface area contributed by atoms with Crippen LogP contribution in [0.25, 0.3) is 0 Å². The molecule has 2 atom stereocenters. The Labute approximate surface area is 85.6 Å². The maximum absolute atomic E-state index is 11.7. The van der Waals surface area contributed by atoms with Gasteiger partial charge in [0.05, 0.1) is 12.5 Å². The average Bonchev–Trinajstić information content (AvgIpc) is 2.62. The third-order valence-corrected chi connectivity index (χ3v) is 2.69. The molecule has 1 aliphatic rings. The van der Waals surface area contributed by atoms with Gasteiger partial charge in [0.15, 0.2) is 0 Å². The Kier molecular flexibility index (Phi) is 3.97. The number of terminal acetylenes is 1. The summed E-state index contributed by atoms with van der Waals surface area (Å²) < 4.78 is 0. The lowest BCUT2D eigenvalue weighted by atomic mass is 9.91. The second-order valence-corrected chi connectivity index (χ2v) is 4.04. The van der Waals surface area contributed by atoms with E-state index in [4.69, 9.17) is 6.42 Å². The molecule has 1 fully saturated rings. The van der Waals surface area contributed by atoms with Crippen LogP contribution in [0.15, 0.2) is 0 Å². The molecule has 0 aliphatic carbocycles. The molecule has 1 amide bonds. The Balaban J connectivity index is 2.50. The topological polar surface area (TPSA) is 41.1 Å². The molecule has 1 saturated heterocycles. The molecule has 0 bridgehead atoms. The van der Waals surface area contributed by atoms with Gasteiger partial charge >= 0.3 is 0 Å². The van der Waals surface area contributed by atoms with Gasteiger partial charge < -0.3 is 10.6 Å². The summed E-state index contributed by atoms with van der Waals surface area (Å²) in [4.78, 5) is 11.7. The van der Waals surface area contributed by atoms with Crippen molar-refractivity contribution in [3.8, 4) is 12.3 Å². The minimum atomic E-state index is 0.0864. The molecule has 3 heteroatoms. The van der Waals surface area contributed by atoms with Gasteiger partial charge in [0, 0.05) is 6.04 Å². The fraction of sp³-hybridized carbons (Fsp3) is 0.727. The summed E-state index contributed by atoms with van der Waals surface area (Å²) in [6.45, 7) is 5.52. The third-order valence-electron chi connectivity index (χ3n) is 2.69. The molecule has 0 aromatic heterocycles. The first-order valence-corrected chi connectivity index (χ1v) is 5.11. The fourth-order valence-corrected chi connectivity index (χ4v) is 1.99. The Hall–Kier alpha value is -1.01. The minimum Gasteiger partial charge on any atom is -0.345 e. The monoisotopic (exact) mass is 194 g/mol. The van der Waals surface area contributed by atoms with Gasteiger partial charge in [-0.2, -0.15) is 0 Å². The molecule has 2 N–H and O–H groups in total. The Bertz CT molecular complexity index is 242. The quantitative estimate of drug-likeness (QED) is 0.637. The van der Waals surface area contributed by atoms with E-state index in [1.807, 2.05) is 0 Å². The molecule has 0 saturated carbocycles. The van der Waals surface area contributed by atoms with Crippen LogP contribution in [0.3, 0.4) is 0 Å². The summed E-state index contributed by atoms with van der Waals surface area (Å²) in [7, 11) is 0. The van der Waals surface area contributed by atoms with Crippen molar-refractivity contribution in [2.24, 2.45) is 11.8 Å². The predicted molar refractivity (Wildman–Crippen MR) is 56.6 cm³/mol. The summed E-state index contributed by atoms with van der Waals surface area (Å²) in [6, 6.07) is 0.299. The maximum atomic E-state index is 11.7. The van der Waals surface area contributed by atoms with E-state index in [1.54, 1.807) is 0 Å². The summed E-state index contributed by atoms with van der Waals surface area (Å²) in [5, 5.41) is 6.10. The first-order valence-electron chi connectivity index (χ1n) is 5.11. The number of hydrogen-bond acceptors (Lipinski definition) is 2. The van der Waals surface area contributed by atoms with E-state index in [1.165, 1.54) is 0 Å². The van der Waals surface area contributed by atoms with Crippen LogP contribution in [0.5, 0.6) is 0 Å². The van der Waals surface area contributed by atoms with Crippen molar-refractivity contribution < 1.29 is 4.79 Å². The number of carbonyl (C=O) groups excluding carboxylic acids is 1. The molecule has 1 rings (SSSR count). The summed E-state index contributed by atoms with van der Waals surface area (Å²) in [6.07, 6.45) is 6.01. The summed E-state index contributed by atoms with van der Waals surface area (Å²) in [5.74, 6) is 3.07. The van der Waals surface area contributed by atoms with Gasteiger partial charge in [-0.15, -0.1) is 6.42 Å². The van der Waals surface area contributed by atoms with Crippen LogP contribution in [0.2, 0.25) is 0 Å². The van der Waals surface area contributed by atoms with Gasteiger partial charge in [-0.1, -0.05) is 19.8 Å². The third kappa shape index (κ3) is 2.49. The van der Waals surface area contributed by atoms with Crippen LogP contribution in [0.1, 0.15) is 20.3 Å². The first-order chi connectivity index (χ1) is 6.66. The molecule has 2 unspecified atom stereocenters. The number of nitrogens with one attached hydrogen (secondary N) is 2. The number of hydrogen-bond donors (Lipinski definition) is 2. The van der Waals surface area contributed by atoms with E-state index in [2.05, 4.69) is 30.4 Å². The smallest absolute Gasteiger partial charge is 0.225 e. The molecule has 1 aliphatic heterocycles. The second kappa shape index (κ2) is 5.02. The zero-order valence-corrected chi connectivity index (χ0v) is 8.84. The van der Waals surface area contributed by atoms with Crippen LogP contribution >= 0.6 is 0 Å². The predicted octanol–water partition coefficient (Wildman–Crippen LogP) is 0.370. The molecule has 14 heavy (non-hydrogen) atoms. The molecule has 0 radical (unpaired) electrons. The van der Waals surface area contributed by atoms with Crippen molar-refractivity contribution in [3.63, 3.8) is 0 Å². The van der Waals surface area contributed by atoms with Crippen molar-refractivity contribution in [1.82, 2.24) is 10.6 Å². The largest absolute Gasteiger partial charge is 0.345 e. The molecular formula is C11H18N2O.